The summed E-state index contributed by atoms with van der Waals surface area (Å²) < 4.78 is 5.52. The predicted octanol–water partition coefficient (Wildman–Crippen LogP) is 2.96. The molecule has 7 heteroatoms. The smallest absolute Gasteiger partial charge is 0.302 e. The molecular formula is C11H10ClN5O. The molecule has 0 spiro atoms. The first-order valence-corrected chi connectivity index (χ1v) is 5.72. The van der Waals surface area contributed by atoms with E-state index in [9.17, 15) is 0 Å². The van der Waals surface area contributed by atoms with Crippen molar-refractivity contribution in [2.75, 3.05) is 5.32 Å². The molecule has 0 aliphatic heterocycles. The van der Waals surface area contributed by atoms with Crippen LogP contribution in [0.4, 0.5) is 12.0 Å². The van der Waals surface area contributed by atoms with E-state index in [4.69, 9.17) is 16.0 Å². The monoisotopic (exact) mass is 263 g/mol. The lowest BCUT2D eigenvalue weighted by molar-refractivity contribution is 0.622. The number of fused-ring (bicyclic) bond motifs is 1. The molecule has 3 rings (SSSR count). The van der Waals surface area contributed by atoms with Gasteiger partial charge in [-0.25, -0.2) is 0 Å². The lowest BCUT2D eigenvalue weighted by atomic mass is 10.2. The van der Waals surface area contributed by atoms with Crippen LogP contribution in [0.2, 0.25) is 5.02 Å². The highest BCUT2D eigenvalue weighted by molar-refractivity contribution is 6.32. The number of aromatic amines is 1. The van der Waals surface area contributed by atoms with Crippen molar-refractivity contribution >= 4 is 34.7 Å². The Morgan fingerprint density at radius 3 is 2.83 bits per heavy atom. The molecule has 0 aliphatic carbocycles. The number of H-pyrrole nitrogens is 1. The largest absolute Gasteiger partial charge is 0.423 e. The summed E-state index contributed by atoms with van der Waals surface area (Å²) in [6.07, 6.45) is 0. The average Bonchev–Trinajstić information content (AvgIpc) is 2.86. The predicted molar refractivity (Wildman–Crippen MR) is 68.2 cm³/mol. The minimum Gasteiger partial charge on any atom is -0.423 e. The molecule has 0 atom stereocenters. The third-order valence-electron chi connectivity index (χ3n) is 2.48. The summed E-state index contributed by atoms with van der Waals surface area (Å²) in [7, 11) is 0. The Hall–Kier alpha value is -2.08. The first-order valence-electron chi connectivity index (χ1n) is 5.34. The fraction of sp³-hybridized carbons (Fsp3) is 0.182. The summed E-state index contributed by atoms with van der Waals surface area (Å²) in [4.78, 5) is 8.40. The van der Waals surface area contributed by atoms with Gasteiger partial charge in [0.1, 0.15) is 11.3 Å². The Balaban J connectivity index is 1.98. The van der Waals surface area contributed by atoms with Crippen molar-refractivity contribution in [3.63, 3.8) is 0 Å². The number of aryl methyl sites for hydroxylation is 2. The Bertz CT molecular complexity index is 678. The van der Waals surface area contributed by atoms with Crippen molar-refractivity contribution < 1.29 is 4.42 Å². The maximum absolute atomic E-state index is 6.02. The lowest BCUT2D eigenvalue weighted by Gasteiger charge is -1.94. The van der Waals surface area contributed by atoms with Gasteiger partial charge in [-0.15, -0.1) is 5.10 Å². The van der Waals surface area contributed by atoms with E-state index >= 15 is 0 Å². The van der Waals surface area contributed by atoms with Gasteiger partial charge < -0.3 is 4.42 Å². The molecular weight excluding hydrogens is 254 g/mol. The van der Waals surface area contributed by atoms with E-state index in [0.29, 0.717) is 28.4 Å². The van der Waals surface area contributed by atoms with Crippen molar-refractivity contribution in [1.82, 2.24) is 20.2 Å². The molecule has 0 radical (unpaired) electrons. The SMILES string of the molecule is Cc1nc(Nc2nc3cc(C)c(Cl)cc3o2)n[nH]1. The number of benzene rings is 1. The minimum absolute atomic E-state index is 0.339. The normalized spacial score (nSPS) is 11.1. The Labute approximate surface area is 107 Å². The summed E-state index contributed by atoms with van der Waals surface area (Å²) >= 11 is 6.02. The summed E-state index contributed by atoms with van der Waals surface area (Å²) in [5, 5.41) is 10.2. The molecule has 0 saturated heterocycles. The highest BCUT2D eigenvalue weighted by Gasteiger charge is 2.10. The second-order valence-corrected chi connectivity index (χ2v) is 4.36. The number of oxazole rings is 1. The van der Waals surface area contributed by atoms with Gasteiger partial charge >= 0.3 is 6.01 Å². The Morgan fingerprint density at radius 2 is 2.11 bits per heavy atom. The Morgan fingerprint density at radius 1 is 1.28 bits per heavy atom. The lowest BCUT2D eigenvalue weighted by Crippen LogP contribution is -1.92. The zero-order valence-corrected chi connectivity index (χ0v) is 10.5. The Kier molecular flexibility index (Phi) is 2.45. The van der Waals surface area contributed by atoms with E-state index < -0.39 is 0 Å². The first kappa shape index (κ1) is 11.0. The van der Waals surface area contributed by atoms with Gasteiger partial charge in [0.25, 0.3) is 0 Å². The molecule has 92 valence electrons. The van der Waals surface area contributed by atoms with Gasteiger partial charge in [-0.05, 0) is 25.5 Å². The van der Waals surface area contributed by atoms with Gasteiger partial charge in [0, 0.05) is 11.1 Å². The maximum Gasteiger partial charge on any atom is 0.302 e. The van der Waals surface area contributed by atoms with Crippen molar-refractivity contribution in [3.8, 4) is 0 Å². The van der Waals surface area contributed by atoms with Crippen LogP contribution in [0.5, 0.6) is 0 Å². The topological polar surface area (TPSA) is 79.6 Å². The molecule has 1 aromatic carbocycles. The third kappa shape index (κ3) is 1.91. The minimum atomic E-state index is 0.339. The van der Waals surface area contributed by atoms with Gasteiger partial charge in [-0.3, -0.25) is 10.4 Å². The van der Waals surface area contributed by atoms with Crippen molar-refractivity contribution in [2.45, 2.75) is 13.8 Å². The zero-order chi connectivity index (χ0) is 12.7. The number of nitrogens with one attached hydrogen (secondary N) is 2. The van der Waals surface area contributed by atoms with Crippen LogP contribution in [0.15, 0.2) is 16.5 Å². The van der Waals surface area contributed by atoms with E-state index in [-0.39, 0.29) is 0 Å². The molecule has 3 aromatic rings. The van der Waals surface area contributed by atoms with Gasteiger partial charge in [-0.2, -0.15) is 9.97 Å². The van der Waals surface area contributed by atoms with Crippen LogP contribution in [0.1, 0.15) is 11.4 Å². The fourth-order valence-electron chi connectivity index (χ4n) is 1.60. The van der Waals surface area contributed by atoms with E-state index in [2.05, 4.69) is 25.5 Å². The summed E-state index contributed by atoms with van der Waals surface area (Å²) in [6.45, 7) is 3.73. The van der Waals surface area contributed by atoms with E-state index in [1.165, 1.54) is 0 Å². The number of hydrogen-bond acceptors (Lipinski definition) is 5. The van der Waals surface area contributed by atoms with Crippen molar-refractivity contribution in [3.05, 3.63) is 28.5 Å². The summed E-state index contributed by atoms with van der Waals surface area (Å²) in [5.41, 5.74) is 2.32. The quantitative estimate of drug-likeness (QED) is 0.743. The van der Waals surface area contributed by atoms with Gasteiger partial charge in [-0.1, -0.05) is 11.6 Å². The molecule has 0 aliphatic rings. The number of nitrogens with zero attached hydrogens (tertiary/aromatic N) is 3. The summed E-state index contributed by atoms with van der Waals surface area (Å²) in [5.74, 6) is 1.13. The molecule has 18 heavy (non-hydrogen) atoms. The molecule has 0 fully saturated rings. The van der Waals surface area contributed by atoms with Crippen molar-refractivity contribution in [2.24, 2.45) is 0 Å². The molecule has 0 saturated carbocycles. The van der Waals surface area contributed by atoms with Crippen LogP contribution >= 0.6 is 11.6 Å². The fourth-order valence-corrected chi connectivity index (χ4v) is 1.75. The van der Waals surface area contributed by atoms with Crippen LogP contribution in [0.25, 0.3) is 11.1 Å². The van der Waals surface area contributed by atoms with Crippen LogP contribution < -0.4 is 5.32 Å². The molecule has 0 bridgehead atoms. The second kappa shape index (κ2) is 3.99. The highest BCUT2D eigenvalue weighted by atomic mass is 35.5. The molecule has 0 amide bonds. The van der Waals surface area contributed by atoms with Crippen LogP contribution in [-0.2, 0) is 0 Å². The van der Waals surface area contributed by atoms with E-state index in [1.807, 2.05) is 19.9 Å². The molecule has 6 nitrogen and oxygen atoms in total. The number of hydrogen-bond donors (Lipinski definition) is 2. The van der Waals surface area contributed by atoms with E-state index in [1.54, 1.807) is 6.07 Å². The number of halogens is 1. The van der Waals surface area contributed by atoms with Gasteiger partial charge in [0.15, 0.2) is 5.58 Å². The van der Waals surface area contributed by atoms with Crippen LogP contribution in [0, 0.1) is 13.8 Å². The molecule has 2 aromatic heterocycles. The number of aromatic nitrogens is 4. The van der Waals surface area contributed by atoms with Crippen molar-refractivity contribution in [1.29, 1.82) is 0 Å². The average molecular weight is 264 g/mol. The molecule has 2 heterocycles. The number of rotatable bonds is 2. The molecule has 0 unspecified atom stereocenters. The van der Waals surface area contributed by atoms with Crippen LogP contribution in [0.3, 0.4) is 0 Å². The number of anilines is 2. The zero-order valence-electron chi connectivity index (χ0n) is 9.78. The molecule has 2 N–H and O–H groups in total. The van der Waals surface area contributed by atoms with Crippen LogP contribution in [-0.4, -0.2) is 20.2 Å². The highest BCUT2D eigenvalue weighted by Crippen LogP contribution is 2.26. The van der Waals surface area contributed by atoms with Gasteiger partial charge in [0.2, 0.25) is 5.95 Å². The second-order valence-electron chi connectivity index (χ2n) is 3.96. The summed E-state index contributed by atoms with van der Waals surface area (Å²) in [6, 6.07) is 3.95. The van der Waals surface area contributed by atoms with Gasteiger partial charge in [0.05, 0.1) is 0 Å². The van der Waals surface area contributed by atoms with E-state index in [0.717, 1.165) is 11.1 Å². The first-order chi connectivity index (χ1) is 8.61. The standard InChI is InChI=1S/C11H10ClN5O/c1-5-3-8-9(4-7(5)12)18-11(14-8)15-10-13-6(2)16-17-10/h3-4H,1-2H3,(H2,13,14,15,16,17). The third-order valence-corrected chi connectivity index (χ3v) is 2.89. The maximum atomic E-state index is 6.02.